The topological polar surface area (TPSA) is 143 Å². The number of aliphatic carboxylic acids is 1. The monoisotopic (exact) mass is 541 g/mol. The number of hydrogen-bond acceptors (Lipinski definition) is 6. The van der Waals surface area contributed by atoms with E-state index >= 15 is 0 Å². The predicted octanol–water partition coefficient (Wildman–Crippen LogP) is 4.10. The van der Waals surface area contributed by atoms with Crippen molar-refractivity contribution >= 4 is 23.5 Å². The molecule has 1 fully saturated rings. The molecule has 2 aromatic carbocycles. The number of benzene rings is 2. The van der Waals surface area contributed by atoms with E-state index in [1.54, 1.807) is 19.2 Å². The number of ether oxygens (including phenoxy) is 1. The van der Waals surface area contributed by atoms with Crippen molar-refractivity contribution in [3.8, 4) is 28.3 Å². The average Bonchev–Trinajstić information content (AvgIpc) is 3.34. The molecule has 0 saturated heterocycles. The van der Waals surface area contributed by atoms with Gasteiger partial charge in [-0.3, -0.25) is 4.79 Å². The minimum atomic E-state index is -5.02. The quantitative estimate of drug-likeness (QED) is 0.473. The fraction of sp³-hybridized carbons (Fsp3) is 0.318. The number of fused-ring (bicyclic) bond motifs is 1. The number of aromatic nitrogens is 4. The van der Waals surface area contributed by atoms with Gasteiger partial charge in [0.2, 0.25) is 5.82 Å². The largest absolute Gasteiger partial charge is 0.668 e. The van der Waals surface area contributed by atoms with Gasteiger partial charge in [0.05, 0.1) is 19.2 Å². The molecule has 3 aromatic rings. The molecule has 0 spiro atoms. The van der Waals surface area contributed by atoms with Crippen molar-refractivity contribution in [1.82, 2.24) is 25.5 Å². The summed E-state index contributed by atoms with van der Waals surface area (Å²) in [7, 11) is 1.61. The predicted molar refractivity (Wildman–Crippen MR) is 121 cm³/mol. The van der Waals surface area contributed by atoms with E-state index < -0.39 is 35.5 Å². The Balaban J connectivity index is 0.000000209. The van der Waals surface area contributed by atoms with E-state index in [2.05, 4.69) is 15.4 Å². The number of alkyl halides is 3. The first-order valence-corrected chi connectivity index (χ1v) is 11.0. The summed E-state index contributed by atoms with van der Waals surface area (Å²) in [5.74, 6) is -3.34. The number of hydrogen-bond donors (Lipinski definition) is 2. The van der Waals surface area contributed by atoms with E-state index in [0.29, 0.717) is 23.5 Å². The number of amides is 1. The molecule has 1 atom stereocenters. The number of aryl methyl sites for hydroxylation is 1. The highest BCUT2D eigenvalue weighted by Gasteiger charge is 2.55. The molecule has 5 rings (SSSR count). The minimum Gasteiger partial charge on any atom is -0.668 e. The smallest absolute Gasteiger partial charge is 0.471 e. The summed E-state index contributed by atoms with van der Waals surface area (Å²) >= 11 is 6.04. The Labute approximate surface area is 211 Å². The number of nitrogens with zero attached hydrogens (tertiary/aromatic N) is 4. The molecule has 2 aliphatic rings. The van der Waals surface area contributed by atoms with Crippen LogP contribution in [-0.4, -0.2) is 55.5 Å². The van der Waals surface area contributed by atoms with E-state index in [1.807, 2.05) is 12.1 Å². The number of carboxylic acids is 1. The Bertz CT molecular complexity index is 1380. The lowest BCUT2D eigenvalue weighted by atomic mass is 9.96. The van der Waals surface area contributed by atoms with Crippen LogP contribution in [0.1, 0.15) is 24.4 Å². The number of carboxylic acid groups (broad SMARTS) is 1. The number of halogens is 5. The van der Waals surface area contributed by atoms with Crippen LogP contribution in [0.5, 0.6) is 5.75 Å². The van der Waals surface area contributed by atoms with E-state index in [4.69, 9.17) is 27.2 Å². The Morgan fingerprint density at radius 1 is 1.27 bits per heavy atom. The molecule has 1 amide bonds. The Hall–Kier alpha value is -3.78. The number of rotatable bonds is 4. The van der Waals surface area contributed by atoms with Gasteiger partial charge in [0, 0.05) is 5.02 Å². The molecule has 1 aliphatic heterocycles. The summed E-state index contributed by atoms with van der Waals surface area (Å²) in [6.07, 6.45) is -4.93. The molecule has 3 N–H and O–H groups in total. The highest BCUT2D eigenvalue weighted by atomic mass is 35.5. The van der Waals surface area contributed by atoms with E-state index in [1.165, 1.54) is 16.2 Å². The zero-order valence-electron chi connectivity index (χ0n) is 18.9. The van der Waals surface area contributed by atoms with Gasteiger partial charge in [-0.2, -0.15) is 18.0 Å². The molecule has 1 aliphatic carbocycles. The second-order valence-electron chi connectivity index (χ2n) is 8.37. The Morgan fingerprint density at radius 2 is 1.97 bits per heavy atom. The van der Waals surface area contributed by atoms with Crippen LogP contribution in [0, 0.1) is 5.82 Å². The van der Waals surface area contributed by atoms with Crippen molar-refractivity contribution in [3.63, 3.8) is 0 Å². The van der Waals surface area contributed by atoms with Crippen LogP contribution in [0.4, 0.5) is 17.6 Å². The normalized spacial score (nSPS) is 17.2. The van der Waals surface area contributed by atoms with Crippen LogP contribution in [0.25, 0.3) is 28.2 Å². The van der Waals surface area contributed by atoms with Gasteiger partial charge in [0.1, 0.15) is 17.1 Å². The molecule has 196 valence electrons. The van der Waals surface area contributed by atoms with Gasteiger partial charge in [-0.15, -0.1) is 10.2 Å². The van der Waals surface area contributed by atoms with Crippen molar-refractivity contribution in [1.29, 1.82) is 0 Å². The molecule has 1 unspecified atom stereocenters. The lowest BCUT2D eigenvalue weighted by Crippen LogP contribution is -2.48. The molecule has 37 heavy (non-hydrogen) atoms. The van der Waals surface area contributed by atoms with Crippen LogP contribution < -0.4 is 10.1 Å². The first kappa shape index (κ1) is 26.3. The van der Waals surface area contributed by atoms with Gasteiger partial charge < -0.3 is 20.9 Å². The van der Waals surface area contributed by atoms with Crippen molar-refractivity contribution in [2.75, 3.05) is 6.61 Å². The summed E-state index contributed by atoms with van der Waals surface area (Å²) in [5, 5.41) is 21.9. The Kier molecular flexibility index (Phi) is 6.81. The van der Waals surface area contributed by atoms with Crippen LogP contribution in [0.3, 0.4) is 0 Å². The standard InChI is InChI=1S/C16H12ClFN5O.C6H6F3NO3/c1-23-21-16(20-22-23)15-11(5-9(17)6-12(15)18)8-2-3-10-13(19)7-24-14(10)4-8;7-6(8,9)3(11)10-5(1-2-5)4(12)13/h2-6,13,19H,7H2,1H3;1-2H2,(H,10,11)(H,12,13)/q-1;. The molecule has 10 nitrogen and oxygen atoms in total. The third-order valence-electron chi connectivity index (χ3n) is 5.66. The molecule has 2 heterocycles. The fourth-order valence-electron chi connectivity index (χ4n) is 3.60. The van der Waals surface area contributed by atoms with Crippen LogP contribution in [-0.2, 0) is 16.6 Å². The molecule has 1 aromatic heterocycles. The zero-order valence-corrected chi connectivity index (χ0v) is 19.7. The summed E-state index contributed by atoms with van der Waals surface area (Å²) in [5.41, 5.74) is 8.54. The van der Waals surface area contributed by atoms with Crippen molar-refractivity contribution in [2.45, 2.75) is 30.6 Å². The van der Waals surface area contributed by atoms with Gasteiger partial charge in [-0.05, 0) is 52.9 Å². The third kappa shape index (κ3) is 5.49. The minimum absolute atomic E-state index is 0.0458. The highest BCUT2D eigenvalue weighted by molar-refractivity contribution is 6.31. The number of carbonyl (C=O) groups is 2. The zero-order chi connectivity index (χ0) is 27.1. The van der Waals surface area contributed by atoms with Crippen LogP contribution in [0.15, 0.2) is 30.3 Å². The summed E-state index contributed by atoms with van der Waals surface area (Å²) < 4.78 is 55.1. The lowest BCUT2D eigenvalue weighted by molar-refractivity contribution is -0.176. The molecule has 0 radical (unpaired) electrons. The maximum Gasteiger partial charge on any atom is 0.471 e. The Morgan fingerprint density at radius 3 is 2.54 bits per heavy atom. The third-order valence-corrected chi connectivity index (χ3v) is 5.88. The fourth-order valence-corrected chi connectivity index (χ4v) is 3.80. The van der Waals surface area contributed by atoms with Gasteiger partial charge in [-0.25, -0.2) is 9.18 Å². The van der Waals surface area contributed by atoms with Gasteiger partial charge >= 0.3 is 18.1 Å². The van der Waals surface area contributed by atoms with Crippen LogP contribution in [0.2, 0.25) is 5.02 Å². The summed E-state index contributed by atoms with van der Waals surface area (Å²) in [4.78, 5) is 22.0. The SMILES string of the molecule is Cn1nnc(-c2c(F)cc(Cl)cc2-c2ccc3c(c2)OCC3[NH-])n1.O=C(NC1(C(=O)O)CC1)C(F)(F)F. The van der Waals surface area contributed by atoms with Crippen LogP contribution >= 0.6 is 11.6 Å². The molecular formula is C22H18ClF4N6O4-. The molecular weight excluding hydrogens is 524 g/mol. The average molecular weight is 542 g/mol. The van der Waals surface area contributed by atoms with Crippen molar-refractivity contribution in [2.24, 2.45) is 7.05 Å². The number of carbonyl (C=O) groups excluding carboxylic acids is 1. The van der Waals surface area contributed by atoms with Gasteiger partial charge in [0.25, 0.3) is 0 Å². The van der Waals surface area contributed by atoms with E-state index in [0.717, 1.165) is 5.56 Å². The first-order chi connectivity index (χ1) is 17.3. The second-order valence-corrected chi connectivity index (χ2v) is 8.80. The number of tetrazole rings is 1. The summed E-state index contributed by atoms with van der Waals surface area (Å²) in [6.45, 7) is 0.321. The highest BCUT2D eigenvalue weighted by Crippen LogP contribution is 2.41. The van der Waals surface area contributed by atoms with Gasteiger partial charge in [-0.1, -0.05) is 29.8 Å². The maximum absolute atomic E-state index is 14.6. The van der Waals surface area contributed by atoms with Crippen molar-refractivity contribution < 1.29 is 37.0 Å². The molecule has 15 heteroatoms. The van der Waals surface area contributed by atoms with E-state index in [9.17, 15) is 27.2 Å². The first-order valence-electron chi connectivity index (χ1n) is 10.6. The molecule has 0 bridgehead atoms. The van der Waals surface area contributed by atoms with E-state index in [-0.39, 0.29) is 29.3 Å². The van der Waals surface area contributed by atoms with Gasteiger partial charge in [0.15, 0.2) is 0 Å². The summed E-state index contributed by atoms with van der Waals surface area (Å²) in [6, 6.07) is 7.91. The second kappa shape index (κ2) is 9.59. The number of nitrogens with one attached hydrogen (secondary N) is 2. The van der Waals surface area contributed by atoms with Crippen molar-refractivity contribution in [3.05, 3.63) is 52.5 Å². The lowest BCUT2D eigenvalue weighted by Gasteiger charge is -2.13. The maximum atomic E-state index is 14.6. The molecule has 1 saturated carbocycles.